The van der Waals surface area contributed by atoms with E-state index < -0.39 is 0 Å². The molecule has 0 aliphatic carbocycles. The number of nitrogens with zero attached hydrogens (tertiary/aromatic N) is 2. The number of likely N-dealkylation sites (tertiary alicyclic amines) is 1. The molecule has 0 saturated carbocycles. The van der Waals surface area contributed by atoms with Gasteiger partial charge in [0.2, 0.25) is 0 Å². The normalized spacial score (nSPS) is 16.3. The second-order valence-corrected chi connectivity index (χ2v) is 8.16. The Morgan fingerprint density at radius 2 is 1.48 bits per heavy atom. The number of anilines is 1. The fourth-order valence-electron chi connectivity index (χ4n) is 4.61. The minimum Gasteiger partial charge on any atom is -0.336 e. The first-order valence-electron chi connectivity index (χ1n) is 11.1. The van der Waals surface area contributed by atoms with Crippen molar-refractivity contribution < 1.29 is 0 Å². The molecule has 1 aliphatic heterocycles. The topological polar surface area (TPSA) is 6.48 Å². The Morgan fingerprint density at radius 1 is 0.897 bits per heavy atom. The van der Waals surface area contributed by atoms with Gasteiger partial charge in [0.1, 0.15) is 0 Å². The van der Waals surface area contributed by atoms with Crippen LogP contribution in [-0.2, 0) is 6.42 Å². The van der Waals surface area contributed by atoms with E-state index in [-0.39, 0.29) is 5.54 Å². The van der Waals surface area contributed by atoms with Gasteiger partial charge in [-0.15, -0.1) is 0 Å². The molecule has 0 bridgehead atoms. The van der Waals surface area contributed by atoms with Gasteiger partial charge in [0.15, 0.2) is 0 Å². The highest BCUT2D eigenvalue weighted by Crippen LogP contribution is 2.42. The Bertz CT molecular complexity index is 786. The molecule has 1 heterocycles. The molecular weight excluding hydrogens is 352 g/mol. The van der Waals surface area contributed by atoms with Crippen LogP contribution in [0, 0.1) is 0 Å². The summed E-state index contributed by atoms with van der Waals surface area (Å²) in [6.07, 6.45) is 5.27. The second-order valence-electron chi connectivity index (χ2n) is 8.16. The van der Waals surface area contributed by atoms with E-state index in [4.69, 9.17) is 0 Å². The van der Waals surface area contributed by atoms with E-state index in [0.717, 1.165) is 51.7 Å². The SMILES string of the molecule is C=C(CC)N(c1ccccc1)C1(C(=C)CC)CCN(CCc2ccccc2)CC1. The second kappa shape index (κ2) is 9.93. The molecule has 0 radical (unpaired) electrons. The average Bonchev–Trinajstić information content (AvgIpc) is 2.79. The molecule has 0 aromatic heterocycles. The maximum absolute atomic E-state index is 4.55. The summed E-state index contributed by atoms with van der Waals surface area (Å²) in [6, 6.07) is 21.6. The van der Waals surface area contributed by atoms with Crippen molar-refractivity contribution in [3.05, 3.63) is 90.7 Å². The molecule has 3 rings (SSSR count). The third-order valence-electron chi connectivity index (χ3n) is 6.49. The fraction of sp³-hybridized carbons (Fsp3) is 0.407. The van der Waals surface area contributed by atoms with Crippen LogP contribution < -0.4 is 4.90 Å². The summed E-state index contributed by atoms with van der Waals surface area (Å²) in [5, 5.41) is 0. The van der Waals surface area contributed by atoms with Crippen molar-refractivity contribution in [2.45, 2.75) is 51.5 Å². The number of hydrogen-bond acceptors (Lipinski definition) is 2. The van der Waals surface area contributed by atoms with Crippen molar-refractivity contribution in [3.63, 3.8) is 0 Å². The molecule has 0 unspecified atom stereocenters. The summed E-state index contributed by atoms with van der Waals surface area (Å²) in [6.45, 7) is 16.8. The van der Waals surface area contributed by atoms with Crippen LogP contribution in [0.5, 0.6) is 0 Å². The number of allylic oxidation sites excluding steroid dienone is 1. The van der Waals surface area contributed by atoms with Crippen molar-refractivity contribution in [1.29, 1.82) is 0 Å². The maximum atomic E-state index is 4.55. The van der Waals surface area contributed by atoms with Crippen molar-refractivity contribution in [2.75, 3.05) is 24.5 Å². The molecule has 2 heteroatoms. The van der Waals surface area contributed by atoms with Gasteiger partial charge >= 0.3 is 0 Å². The highest BCUT2D eigenvalue weighted by atomic mass is 15.2. The minimum atomic E-state index is -0.0353. The summed E-state index contributed by atoms with van der Waals surface area (Å²) in [4.78, 5) is 5.12. The standard InChI is InChI=1S/C27H36N2/c1-5-23(3)27(29(24(4)6-2)26-15-11-8-12-16-26)18-21-28(22-19-27)20-17-25-13-9-7-10-14-25/h7-16H,3-6,17-22H2,1-2H3. The van der Waals surface area contributed by atoms with E-state index >= 15 is 0 Å². The largest absolute Gasteiger partial charge is 0.336 e. The average molecular weight is 389 g/mol. The minimum absolute atomic E-state index is 0.0353. The predicted octanol–water partition coefficient (Wildman–Crippen LogP) is 6.46. The zero-order valence-electron chi connectivity index (χ0n) is 18.2. The lowest BCUT2D eigenvalue weighted by Crippen LogP contribution is -2.56. The quantitative estimate of drug-likeness (QED) is 0.455. The molecule has 2 aromatic rings. The van der Waals surface area contributed by atoms with E-state index in [9.17, 15) is 0 Å². The summed E-state index contributed by atoms with van der Waals surface area (Å²) in [5.74, 6) is 0. The third kappa shape index (κ3) is 4.82. The van der Waals surface area contributed by atoms with E-state index in [0.29, 0.717) is 0 Å². The van der Waals surface area contributed by atoms with Gasteiger partial charge in [-0.05, 0) is 49.8 Å². The van der Waals surface area contributed by atoms with Gasteiger partial charge in [0.05, 0.1) is 5.54 Å². The molecule has 1 saturated heterocycles. The lowest BCUT2D eigenvalue weighted by Gasteiger charge is -2.52. The number of benzene rings is 2. The smallest absolute Gasteiger partial charge is 0.0680 e. The molecule has 29 heavy (non-hydrogen) atoms. The van der Waals surface area contributed by atoms with Crippen molar-refractivity contribution >= 4 is 5.69 Å². The lowest BCUT2D eigenvalue weighted by atomic mass is 9.77. The Labute approximate surface area is 177 Å². The van der Waals surface area contributed by atoms with E-state index in [2.05, 4.69) is 97.5 Å². The molecule has 2 nitrogen and oxygen atoms in total. The third-order valence-corrected chi connectivity index (χ3v) is 6.49. The number of hydrogen-bond donors (Lipinski definition) is 0. The van der Waals surface area contributed by atoms with Crippen LogP contribution >= 0.6 is 0 Å². The zero-order chi connectivity index (χ0) is 20.7. The van der Waals surface area contributed by atoms with Crippen LogP contribution in [0.4, 0.5) is 5.69 Å². The van der Waals surface area contributed by atoms with Gasteiger partial charge in [-0.1, -0.05) is 81.1 Å². The first-order valence-corrected chi connectivity index (χ1v) is 11.1. The molecule has 0 atom stereocenters. The molecule has 0 spiro atoms. The molecule has 0 amide bonds. The first-order chi connectivity index (χ1) is 14.1. The number of piperidine rings is 1. The summed E-state index contributed by atoms with van der Waals surface area (Å²) in [5.41, 5.74) is 5.15. The highest BCUT2D eigenvalue weighted by molar-refractivity contribution is 5.57. The predicted molar refractivity (Wildman–Crippen MR) is 126 cm³/mol. The van der Waals surface area contributed by atoms with E-state index in [1.807, 2.05) is 0 Å². The van der Waals surface area contributed by atoms with Gasteiger partial charge in [0.25, 0.3) is 0 Å². The number of rotatable bonds is 9. The van der Waals surface area contributed by atoms with Gasteiger partial charge < -0.3 is 9.80 Å². The van der Waals surface area contributed by atoms with Gasteiger partial charge in [-0.25, -0.2) is 0 Å². The molecule has 1 aliphatic rings. The van der Waals surface area contributed by atoms with Crippen LogP contribution in [0.3, 0.4) is 0 Å². The highest BCUT2D eigenvalue weighted by Gasteiger charge is 2.42. The molecule has 1 fully saturated rings. The Hall–Kier alpha value is -2.32. The summed E-state index contributed by atoms with van der Waals surface area (Å²) in [7, 11) is 0. The monoisotopic (exact) mass is 388 g/mol. The van der Waals surface area contributed by atoms with Crippen molar-refractivity contribution in [1.82, 2.24) is 4.90 Å². The van der Waals surface area contributed by atoms with Crippen LogP contribution in [0.15, 0.2) is 85.1 Å². The summed E-state index contributed by atoms with van der Waals surface area (Å²) < 4.78 is 0. The van der Waals surface area contributed by atoms with Gasteiger partial charge in [-0.2, -0.15) is 0 Å². The van der Waals surface area contributed by atoms with E-state index in [1.165, 1.54) is 22.5 Å². The van der Waals surface area contributed by atoms with Crippen molar-refractivity contribution in [3.8, 4) is 0 Å². The van der Waals surface area contributed by atoms with Gasteiger partial charge in [-0.3, -0.25) is 0 Å². The van der Waals surface area contributed by atoms with Crippen LogP contribution in [0.1, 0.15) is 45.1 Å². The van der Waals surface area contributed by atoms with Crippen LogP contribution in [-0.4, -0.2) is 30.1 Å². The summed E-state index contributed by atoms with van der Waals surface area (Å²) >= 11 is 0. The lowest BCUT2D eigenvalue weighted by molar-refractivity contribution is 0.177. The van der Waals surface area contributed by atoms with E-state index in [1.54, 1.807) is 0 Å². The Morgan fingerprint density at radius 3 is 2.03 bits per heavy atom. The zero-order valence-corrected chi connectivity index (χ0v) is 18.2. The van der Waals surface area contributed by atoms with Crippen LogP contribution in [0.2, 0.25) is 0 Å². The van der Waals surface area contributed by atoms with Gasteiger partial charge in [0, 0.05) is 31.0 Å². The maximum Gasteiger partial charge on any atom is 0.0680 e. The number of para-hydroxylation sites is 1. The van der Waals surface area contributed by atoms with Crippen molar-refractivity contribution in [2.24, 2.45) is 0 Å². The Balaban J connectivity index is 1.79. The molecule has 0 N–H and O–H groups in total. The first kappa shape index (κ1) is 21.4. The fourth-order valence-corrected chi connectivity index (χ4v) is 4.61. The molecular formula is C27H36N2. The Kier molecular flexibility index (Phi) is 7.33. The molecule has 154 valence electrons. The molecule has 2 aromatic carbocycles. The van der Waals surface area contributed by atoms with Crippen LogP contribution in [0.25, 0.3) is 0 Å².